The molecule has 1 aromatic heterocycles. The van der Waals surface area contributed by atoms with Gasteiger partial charge in [-0.3, -0.25) is 9.48 Å². The molecular weight excluding hydrogens is 288 g/mol. The number of nitrogens with zero attached hydrogens (tertiary/aromatic N) is 3. The molecule has 1 heterocycles. The molecule has 5 heteroatoms. The number of nitrogens with one attached hydrogen (secondary N) is 1. The van der Waals surface area contributed by atoms with Crippen LogP contribution in [-0.2, 0) is 11.8 Å². The summed E-state index contributed by atoms with van der Waals surface area (Å²) in [6.45, 7) is 11.2. The van der Waals surface area contributed by atoms with Crippen LogP contribution < -0.4 is 10.2 Å². The van der Waals surface area contributed by atoms with Crippen molar-refractivity contribution in [2.75, 3.05) is 23.3 Å². The van der Waals surface area contributed by atoms with E-state index < -0.39 is 0 Å². The molecular formula is C18H26N4O. The number of hydrogen-bond donors (Lipinski definition) is 1. The molecule has 0 atom stereocenters. The highest BCUT2D eigenvalue weighted by Gasteiger charge is 2.16. The molecule has 0 saturated carbocycles. The summed E-state index contributed by atoms with van der Waals surface area (Å²) in [4.78, 5) is 14.5. The minimum Gasteiger partial charge on any atom is -0.362 e. The number of aromatic nitrogens is 2. The Kier molecular flexibility index (Phi) is 5.08. The Labute approximate surface area is 138 Å². The molecule has 0 aliphatic carbocycles. The quantitative estimate of drug-likeness (QED) is 0.922. The summed E-state index contributed by atoms with van der Waals surface area (Å²) in [6.07, 6.45) is 0. The highest BCUT2D eigenvalue weighted by atomic mass is 16.2. The number of carbonyl (C=O) groups is 1. The summed E-state index contributed by atoms with van der Waals surface area (Å²) < 4.78 is 1.78. The number of amides is 1. The zero-order valence-corrected chi connectivity index (χ0v) is 14.9. The van der Waals surface area contributed by atoms with E-state index >= 15 is 0 Å². The summed E-state index contributed by atoms with van der Waals surface area (Å²) in [5, 5.41) is 7.33. The fourth-order valence-electron chi connectivity index (χ4n) is 2.83. The summed E-state index contributed by atoms with van der Waals surface area (Å²) in [5.74, 6) is -0.0222. The van der Waals surface area contributed by atoms with Crippen molar-refractivity contribution in [1.29, 1.82) is 0 Å². The highest BCUT2D eigenvalue weighted by molar-refractivity contribution is 5.95. The number of anilines is 2. The van der Waals surface area contributed by atoms with E-state index in [1.165, 1.54) is 11.1 Å². The Morgan fingerprint density at radius 3 is 2.48 bits per heavy atom. The lowest BCUT2D eigenvalue weighted by atomic mass is 10.1. The second kappa shape index (κ2) is 6.86. The third-order valence-corrected chi connectivity index (χ3v) is 4.18. The van der Waals surface area contributed by atoms with E-state index in [9.17, 15) is 4.79 Å². The molecule has 2 rings (SSSR count). The zero-order chi connectivity index (χ0) is 17.1. The number of likely N-dealkylation sites (N-methyl/N-ethyl adjacent to an activating group) is 1. The molecule has 0 spiro atoms. The largest absolute Gasteiger partial charge is 0.362 e. The van der Waals surface area contributed by atoms with Crippen molar-refractivity contribution < 1.29 is 4.79 Å². The lowest BCUT2D eigenvalue weighted by Gasteiger charge is -2.24. The molecule has 2 aromatic rings. The van der Waals surface area contributed by atoms with Crippen LogP contribution in [0.15, 0.2) is 18.2 Å². The van der Waals surface area contributed by atoms with E-state index in [4.69, 9.17) is 0 Å². The van der Waals surface area contributed by atoms with Crippen LogP contribution in [0.4, 0.5) is 11.4 Å². The first-order valence-corrected chi connectivity index (χ1v) is 7.95. The molecule has 1 N–H and O–H groups in total. The normalized spacial score (nSPS) is 10.7. The molecule has 124 valence electrons. The summed E-state index contributed by atoms with van der Waals surface area (Å²) in [5.41, 5.74) is 6.14. The molecule has 23 heavy (non-hydrogen) atoms. The van der Waals surface area contributed by atoms with Gasteiger partial charge in [0.15, 0.2) is 0 Å². The van der Waals surface area contributed by atoms with Crippen molar-refractivity contribution in [1.82, 2.24) is 9.78 Å². The van der Waals surface area contributed by atoms with E-state index in [0.717, 1.165) is 29.3 Å². The molecule has 1 aromatic carbocycles. The third kappa shape index (κ3) is 3.73. The number of benzene rings is 1. The topological polar surface area (TPSA) is 50.2 Å². The fraction of sp³-hybridized carbons (Fsp3) is 0.444. The second-order valence-corrected chi connectivity index (χ2v) is 6.02. The number of carbonyl (C=O) groups excluding carboxylic acids is 1. The van der Waals surface area contributed by atoms with Gasteiger partial charge >= 0.3 is 0 Å². The molecule has 0 aliphatic rings. The van der Waals surface area contributed by atoms with Crippen LogP contribution in [0, 0.1) is 27.7 Å². The molecule has 0 saturated heterocycles. The molecule has 0 aliphatic heterocycles. The zero-order valence-electron chi connectivity index (χ0n) is 14.9. The summed E-state index contributed by atoms with van der Waals surface area (Å²) in [6, 6.07) is 6.31. The Bertz CT molecular complexity index is 718. The Balaban J connectivity index is 2.14. The van der Waals surface area contributed by atoms with E-state index in [-0.39, 0.29) is 5.91 Å². The maximum absolute atomic E-state index is 12.5. The van der Waals surface area contributed by atoms with Crippen LogP contribution in [0.25, 0.3) is 0 Å². The first-order valence-electron chi connectivity index (χ1n) is 7.95. The summed E-state index contributed by atoms with van der Waals surface area (Å²) >= 11 is 0. The van der Waals surface area contributed by atoms with Crippen molar-refractivity contribution in [3.05, 3.63) is 40.7 Å². The van der Waals surface area contributed by atoms with Gasteiger partial charge in [-0.1, -0.05) is 17.7 Å². The molecule has 0 fully saturated rings. The molecule has 0 unspecified atom stereocenters. The van der Waals surface area contributed by atoms with Gasteiger partial charge in [0.1, 0.15) is 0 Å². The van der Waals surface area contributed by atoms with Crippen LogP contribution in [0.2, 0.25) is 0 Å². The Morgan fingerprint density at radius 2 is 1.96 bits per heavy atom. The highest BCUT2D eigenvalue weighted by Crippen LogP contribution is 2.22. The van der Waals surface area contributed by atoms with Crippen LogP contribution in [0.5, 0.6) is 0 Å². The average Bonchev–Trinajstić information content (AvgIpc) is 2.72. The van der Waals surface area contributed by atoms with Gasteiger partial charge < -0.3 is 10.2 Å². The van der Waals surface area contributed by atoms with Crippen molar-refractivity contribution in [3.63, 3.8) is 0 Å². The number of rotatable bonds is 5. The monoisotopic (exact) mass is 314 g/mol. The van der Waals surface area contributed by atoms with Gasteiger partial charge in [0.25, 0.3) is 0 Å². The molecule has 1 amide bonds. The lowest BCUT2D eigenvalue weighted by Crippen LogP contribution is -2.33. The van der Waals surface area contributed by atoms with Crippen molar-refractivity contribution in [2.45, 2.75) is 34.6 Å². The molecule has 0 bridgehead atoms. The first kappa shape index (κ1) is 17.1. The van der Waals surface area contributed by atoms with Crippen molar-refractivity contribution in [2.24, 2.45) is 7.05 Å². The van der Waals surface area contributed by atoms with Crippen molar-refractivity contribution >= 4 is 17.3 Å². The van der Waals surface area contributed by atoms with Gasteiger partial charge in [-0.2, -0.15) is 5.10 Å². The van der Waals surface area contributed by atoms with Crippen LogP contribution in [-0.4, -0.2) is 28.8 Å². The van der Waals surface area contributed by atoms with Gasteiger partial charge in [-0.05, 0) is 46.2 Å². The van der Waals surface area contributed by atoms with Crippen LogP contribution in [0.3, 0.4) is 0 Å². The number of aryl methyl sites for hydroxylation is 4. The standard InChI is InChI=1S/C18H26N4O/c1-7-22(16-9-8-12(2)10-13(16)3)11-17(23)19-18-14(4)20-21(6)15(18)5/h8-10H,7,11H2,1-6H3,(H,19,23). The van der Waals surface area contributed by atoms with Gasteiger partial charge in [0.2, 0.25) is 5.91 Å². The fourth-order valence-corrected chi connectivity index (χ4v) is 2.83. The van der Waals surface area contributed by atoms with Gasteiger partial charge in [-0.15, -0.1) is 0 Å². The predicted octanol–water partition coefficient (Wildman–Crippen LogP) is 3.12. The van der Waals surface area contributed by atoms with Crippen LogP contribution in [0.1, 0.15) is 29.4 Å². The smallest absolute Gasteiger partial charge is 0.243 e. The van der Waals surface area contributed by atoms with Gasteiger partial charge in [-0.25, -0.2) is 0 Å². The van der Waals surface area contributed by atoms with Crippen LogP contribution >= 0.6 is 0 Å². The maximum atomic E-state index is 12.5. The third-order valence-electron chi connectivity index (χ3n) is 4.18. The summed E-state index contributed by atoms with van der Waals surface area (Å²) in [7, 11) is 1.88. The van der Waals surface area contributed by atoms with E-state index in [2.05, 4.69) is 54.3 Å². The van der Waals surface area contributed by atoms with E-state index in [1.807, 2.05) is 20.9 Å². The minimum absolute atomic E-state index is 0.0222. The number of hydrogen-bond acceptors (Lipinski definition) is 3. The average molecular weight is 314 g/mol. The maximum Gasteiger partial charge on any atom is 0.243 e. The SMILES string of the molecule is CCN(CC(=O)Nc1c(C)nn(C)c1C)c1ccc(C)cc1C. The molecule has 5 nitrogen and oxygen atoms in total. The minimum atomic E-state index is -0.0222. The Hall–Kier alpha value is -2.30. The first-order chi connectivity index (χ1) is 10.8. The lowest BCUT2D eigenvalue weighted by molar-refractivity contribution is -0.115. The predicted molar refractivity (Wildman–Crippen MR) is 95.1 cm³/mol. The van der Waals surface area contributed by atoms with Gasteiger partial charge in [0, 0.05) is 19.3 Å². The van der Waals surface area contributed by atoms with Crippen molar-refractivity contribution in [3.8, 4) is 0 Å². The molecule has 0 radical (unpaired) electrons. The Morgan fingerprint density at radius 1 is 1.26 bits per heavy atom. The van der Waals surface area contributed by atoms with Gasteiger partial charge in [0.05, 0.1) is 23.6 Å². The second-order valence-electron chi connectivity index (χ2n) is 6.02. The van der Waals surface area contributed by atoms with E-state index in [1.54, 1.807) is 4.68 Å². The van der Waals surface area contributed by atoms with E-state index in [0.29, 0.717) is 6.54 Å².